The molecule has 0 bridgehead atoms. The number of thioether (sulfide) groups is 2. The Bertz CT molecular complexity index is 892. The molecule has 4 unspecified atom stereocenters. The molecule has 5 nitrogen and oxygen atoms in total. The van der Waals surface area contributed by atoms with Crippen molar-refractivity contribution in [2.45, 2.75) is 43.1 Å². The smallest absolute Gasteiger partial charge is 0.315 e. The number of hydrogen-bond donors (Lipinski definition) is 2. The van der Waals surface area contributed by atoms with E-state index < -0.39 is 12.2 Å². The fourth-order valence-corrected chi connectivity index (χ4v) is 7.08. The highest BCUT2D eigenvalue weighted by Gasteiger charge is 2.40. The number of esters is 1. The average Bonchev–Trinajstić information content (AvgIpc) is 3.32. The highest BCUT2D eigenvalue weighted by molar-refractivity contribution is 8.01. The molecule has 2 N–H and O–H groups in total. The number of methoxy groups -OCH3 is 1. The van der Waals surface area contributed by atoms with Gasteiger partial charge in [-0.2, -0.15) is 11.8 Å². The van der Waals surface area contributed by atoms with Gasteiger partial charge < -0.3 is 14.9 Å². The van der Waals surface area contributed by atoms with E-state index in [0.29, 0.717) is 12.2 Å². The van der Waals surface area contributed by atoms with E-state index in [2.05, 4.69) is 22.9 Å². The number of ether oxygens (including phenoxy) is 1. The Hall–Kier alpha value is -1.32. The van der Waals surface area contributed by atoms with Crippen molar-refractivity contribution in [3.63, 3.8) is 0 Å². The first-order chi connectivity index (χ1) is 15.5. The Morgan fingerprint density at radius 1 is 1.34 bits per heavy atom. The van der Waals surface area contributed by atoms with Gasteiger partial charge in [0.25, 0.3) is 0 Å². The van der Waals surface area contributed by atoms with E-state index in [-0.39, 0.29) is 29.3 Å². The third-order valence-corrected chi connectivity index (χ3v) is 9.07. The van der Waals surface area contributed by atoms with Crippen LogP contribution in [0, 0.1) is 5.92 Å². The van der Waals surface area contributed by atoms with Crippen molar-refractivity contribution in [3.8, 4) is 0 Å². The molecule has 1 fully saturated rings. The monoisotopic (exact) mass is 494 g/mol. The first-order valence-electron chi connectivity index (χ1n) is 10.8. The SMILES string of the molecule is COC(=O)CSCCCSC1C(=O)CC(O)C1C=CC(O)CCc1cc2ccccc2s1. The van der Waals surface area contributed by atoms with Crippen LogP contribution < -0.4 is 0 Å². The van der Waals surface area contributed by atoms with Crippen molar-refractivity contribution in [3.05, 3.63) is 47.4 Å². The number of aliphatic hydroxyl groups excluding tert-OH is 2. The highest BCUT2D eigenvalue weighted by Crippen LogP contribution is 2.34. The molecule has 3 rings (SSSR count). The largest absolute Gasteiger partial charge is 0.468 e. The van der Waals surface area contributed by atoms with Crippen molar-refractivity contribution in [1.29, 1.82) is 0 Å². The molecule has 0 spiro atoms. The molecule has 0 radical (unpaired) electrons. The number of aliphatic hydroxyl groups is 2. The van der Waals surface area contributed by atoms with E-state index >= 15 is 0 Å². The van der Waals surface area contributed by atoms with Gasteiger partial charge in [0.1, 0.15) is 5.78 Å². The number of carbonyl (C=O) groups is 2. The van der Waals surface area contributed by atoms with Gasteiger partial charge in [0.15, 0.2) is 0 Å². The Balaban J connectivity index is 1.44. The molecule has 32 heavy (non-hydrogen) atoms. The van der Waals surface area contributed by atoms with Gasteiger partial charge in [-0.15, -0.1) is 23.1 Å². The summed E-state index contributed by atoms with van der Waals surface area (Å²) < 4.78 is 5.87. The summed E-state index contributed by atoms with van der Waals surface area (Å²) in [7, 11) is 1.38. The minimum absolute atomic E-state index is 0.0686. The van der Waals surface area contributed by atoms with Gasteiger partial charge in [-0.25, -0.2) is 0 Å². The summed E-state index contributed by atoms with van der Waals surface area (Å²) in [5.41, 5.74) is 0. The van der Waals surface area contributed by atoms with E-state index in [9.17, 15) is 19.8 Å². The predicted octanol–water partition coefficient (Wildman–Crippen LogP) is 4.10. The topological polar surface area (TPSA) is 83.8 Å². The number of ketones is 1. The number of benzene rings is 1. The minimum Gasteiger partial charge on any atom is -0.468 e. The van der Waals surface area contributed by atoms with Crippen LogP contribution >= 0.6 is 34.9 Å². The maximum absolute atomic E-state index is 12.3. The molecule has 174 valence electrons. The van der Waals surface area contributed by atoms with Crippen LogP contribution in [0.1, 0.15) is 24.1 Å². The van der Waals surface area contributed by atoms with Crippen molar-refractivity contribution in [1.82, 2.24) is 0 Å². The Labute approximate surface area is 201 Å². The molecule has 2 aromatic rings. The summed E-state index contributed by atoms with van der Waals surface area (Å²) in [5.74, 6) is 1.52. The van der Waals surface area contributed by atoms with E-state index in [4.69, 9.17) is 0 Å². The van der Waals surface area contributed by atoms with Gasteiger partial charge in [-0.3, -0.25) is 9.59 Å². The van der Waals surface area contributed by atoms with Gasteiger partial charge >= 0.3 is 5.97 Å². The van der Waals surface area contributed by atoms with Crippen molar-refractivity contribution < 1.29 is 24.5 Å². The van der Waals surface area contributed by atoms with Gasteiger partial charge in [0.05, 0.1) is 30.3 Å². The fourth-order valence-electron chi connectivity index (χ4n) is 3.70. The zero-order chi connectivity index (χ0) is 22.9. The molecule has 1 aliphatic rings. The quantitative estimate of drug-likeness (QED) is 0.261. The molecule has 4 atom stereocenters. The van der Waals surface area contributed by atoms with Crippen molar-refractivity contribution >= 4 is 56.7 Å². The molecule has 1 aromatic carbocycles. The summed E-state index contributed by atoms with van der Waals surface area (Å²) in [4.78, 5) is 24.7. The molecule has 0 saturated heterocycles. The summed E-state index contributed by atoms with van der Waals surface area (Å²) in [6, 6.07) is 10.4. The lowest BCUT2D eigenvalue weighted by molar-refractivity contribution is -0.137. The van der Waals surface area contributed by atoms with Gasteiger partial charge in [-0.1, -0.05) is 30.4 Å². The molecule has 0 amide bonds. The maximum atomic E-state index is 12.3. The Morgan fingerprint density at radius 3 is 2.94 bits per heavy atom. The highest BCUT2D eigenvalue weighted by atomic mass is 32.2. The van der Waals surface area contributed by atoms with Gasteiger partial charge in [-0.05, 0) is 48.3 Å². The standard InChI is InChI=1S/C24H30O5S3/c1-29-23(28)15-30-11-4-12-31-24-19(20(26)14-21(24)27)10-8-17(25)7-9-18-13-16-5-2-3-6-22(16)32-18/h2-3,5-6,8,10,13,17,19-20,24-26H,4,7,9,11-12,14-15H2,1H3. The zero-order valence-electron chi connectivity index (χ0n) is 18.1. The van der Waals surface area contributed by atoms with Crippen LogP contribution in [0.2, 0.25) is 0 Å². The van der Waals surface area contributed by atoms with E-state index in [1.54, 1.807) is 29.2 Å². The second kappa shape index (κ2) is 12.8. The first-order valence-corrected chi connectivity index (χ1v) is 13.8. The van der Waals surface area contributed by atoms with E-state index in [0.717, 1.165) is 24.3 Å². The second-order valence-electron chi connectivity index (χ2n) is 7.83. The molecule has 1 saturated carbocycles. The lowest BCUT2D eigenvalue weighted by Gasteiger charge is -2.17. The summed E-state index contributed by atoms with van der Waals surface area (Å²) >= 11 is 4.83. The van der Waals surface area contributed by atoms with E-state index in [1.165, 1.54) is 33.8 Å². The lowest BCUT2D eigenvalue weighted by Crippen LogP contribution is -2.22. The molecular formula is C24H30O5S3. The third-order valence-electron chi connectivity index (χ3n) is 5.42. The van der Waals surface area contributed by atoms with Gasteiger partial charge in [0, 0.05) is 21.9 Å². The predicted molar refractivity (Wildman–Crippen MR) is 135 cm³/mol. The lowest BCUT2D eigenvalue weighted by atomic mass is 10.0. The third kappa shape index (κ3) is 7.35. The zero-order valence-corrected chi connectivity index (χ0v) is 20.6. The first kappa shape index (κ1) is 25.3. The number of carbonyl (C=O) groups excluding carboxylic acids is 2. The van der Waals surface area contributed by atoms with Gasteiger partial charge in [0.2, 0.25) is 0 Å². The van der Waals surface area contributed by atoms with Crippen LogP contribution in [0.5, 0.6) is 0 Å². The van der Waals surface area contributed by atoms with Crippen LogP contribution in [0.3, 0.4) is 0 Å². The van der Waals surface area contributed by atoms with Crippen LogP contribution in [-0.4, -0.2) is 63.8 Å². The molecule has 1 heterocycles. The average molecular weight is 495 g/mol. The van der Waals surface area contributed by atoms with Crippen LogP contribution in [0.25, 0.3) is 10.1 Å². The van der Waals surface area contributed by atoms with E-state index in [1.807, 2.05) is 18.2 Å². The van der Waals surface area contributed by atoms with Crippen LogP contribution in [-0.2, 0) is 20.7 Å². The number of rotatable bonds is 12. The number of hydrogen-bond acceptors (Lipinski definition) is 8. The molecule has 1 aliphatic carbocycles. The molecular weight excluding hydrogens is 464 g/mol. The van der Waals surface area contributed by atoms with Crippen LogP contribution in [0.4, 0.5) is 0 Å². The van der Waals surface area contributed by atoms with Crippen molar-refractivity contribution in [2.24, 2.45) is 5.92 Å². The number of aryl methyl sites for hydroxylation is 1. The Kier molecular flexibility index (Phi) is 10.1. The normalized spacial score (nSPS) is 22.1. The second-order valence-corrected chi connectivity index (χ2v) is 11.4. The number of thiophene rings is 1. The fraction of sp³-hybridized carbons (Fsp3) is 0.500. The molecule has 8 heteroatoms. The number of fused-ring (bicyclic) bond motifs is 1. The number of Topliss-reactive ketones (excluding diaryl/α,β-unsaturated/α-hetero) is 1. The summed E-state index contributed by atoms with van der Waals surface area (Å²) in [5, 5.41) is 21.7. The minimum atomic E-state index is -0.695. The molecule has 0 aliphatic heterocycles. The summed E-state index contributed by atoms with van der Waals surface area (Å²) in [6.45, 7) is 0. The van der Waals surface area contributed by atoms with Crippen LogP contribution in [0.15, 0.2) is 42.5 Å². The summed E-state index contributed by atoms with van der Waals surface area (Å²) in [6.07, 6.45) is 4.70. The van der Waals surface area contributed by atoms with Crippen molar-refractivity contribution in [2.75, 3.05) is 24.4 Å². The maximum Gasteiger partial charge on any atom is 0.315 e. The Morgan fingerprint density at radius 2 is 2.16 bits per heavy atom. The molecule has 1 aromatic heterocycles.